The van der Waals surface area contributed by atoms with Gasteiger partial charge in [-0.1, -0.05) is 13.0 Å². The molecule has 1 aliphatic heterocycles. The first-order valence-electron chi connectivity index (χ1n) is 6.85. The van der Waals surface area contributed by atoms with Crippen LogP contribution < -0.4 is 0 Å². The Labute approximate surface area is 113 Å². The summed E-state index contributed by atoms with van der Waals surface area (Å²) in [4.78, 5) is 15.9. The quantitative estimate of drug-likeness (QED) is 0.843. The van der Waals surface area contributed by atoms with Crippen LogP contribution in [0, 0.1) is 0 Å². The molecule has 0 radical (unpaired) electrons. The number of pyridine rings is 1. The molecule has 0 unspecified atom stereocenters. The van der Waals surface area contributed by atoms with E-state index in [2.05, 4.69) is 21.8 Å². The molecule has 2 aromatic heterocycles. The summed E-state index contributed by atoms with van der Waals surface area (Å²) in [5.74, 6) is 0.734. The van der Waals surface area contributed by atoms with E-state index < -0.39 is 0 Å². The molecule has 0 aromatic carbocycles. The Morgan fingerprint density at radius 3 is 3.00 bits per heavy atom. The van der Waals surface area contributed by atoms with Gasteiger partial charge in [-0.2, -0.15) is 0 Å². The van der Waals surface area contributed by atoms with Crippen molar-refractivity contribution in [3.8, 4) is 11.5 Å². The Morgan fingerprint density at radius 2 is 2.21 bits per heavy atom. The molecular weight excluding hydrogens is 236 g/mol. The molecule has 3 heterocycles. The lowest BCUT2D eigenvalue weighted by molar-refractivity contribution is 0.250. The third-order valence-corrected chi connectivity index (χ3v) is 3.46. The largest absolute Gasteiger partial charge is 0.297 e. The Morgan fingerprint density at radius 1 is 1.26 bits per heavy atom. The first-order chi connectivity index (χ1) is 9.36. The van der Waals surface area contributed by atoms with Crippen LogP contribution in [0.5, 0.6) is 0 Å². The highest BCUT2D eigenvalue weighted by Crippen LogP contribution is 2.19. The maximum atomic E-state index is 4.70. The van der Waals surface area contributed by atoms with Crippen LogP contribution in [-0.2, 0) is 13.0 Å². The third-order valence-electron chi connectivity index (χ3n) is 3.46. The molecule has 0 amide bonds. The van der Waals surface area contributed by atoms with Gasteiger partial charge in [0.25, 0.3) is 0 Å². The predicted octanol–water partition coefficient (Wildman–Crippen LogP) is 2.31. The Bertz CT molecular complexity index is 553. The van der Waals surface area contributed by atoms with E-state index in [0.717, 1.165) is 43.3 Å². The molecule has 0 N–H and O–H groups in total. The van der Waals surface area contributed by atoms with Gasteiger partial charge < -0.3 is 0 Å². The molecule has 3 rings (SSSR count). The molecule has 2 aromatic rings. The number of aromatic nitrogens is 3. The zero-order chi connectivity index (χ0) is 13.1. The molecule has 0 bridgehead atoms. The van der Waals surface area contributed by atoms with Gasteiger partial charge in [0.15, 0.2) is 5.82 Å². The zero-order valence-electron chi connectivity index (χ0n) is 11.2. The molecule has 0 saturated carbocycles. The Hall–Kier alpha value is -1.81. The van der Waals surface area contributed by atoms with Gasteiger partial charge in [0.05, 0.1) is 5.69 Å². The third kappa shape index (κ3) is 2.63. The number of fused-ring (bicyclic) bond motifs is 1. The van der Waals surface area contributed by atoms with E-state index in [0.29, 0.717) is 0 Å². The molecule has 1 aliphatic rings. The zero-order valence-corrected chi connectivity index (χ0v) is 11.2. The summed E-state index contributed by atoms with van der Waals surface area (Å²) >= 11 is 0. The fraction of sp³-hybridized carbons (Fsp3) is 0.400. The van der Waals surface area contributed by atoms with Crippen LogP contribution >= 0.6 is 0 Å². The van der Waals surface area contributed by atoms with E-state index in [1.54, 1.807) is 6.20 Å². The van der Waals surface area contributed by atoms with Crippen molar-refractivity contribution in [1.29, 1.82) is 0 Å². The molecule has 98 valence electrons. The SMILES string of the molecule is CCCN1CCc2cnc(-c3ccccn3)nc2C1. The van der Waals surface area contributed by atoms with Crippen molar-refractivity contribution in [2.24, 2.45) is 0 Å². The topological polar surface area (TPSA) is 41.9 Å². The van der Waals surface area contributed by atoms with Gasteiger partial charge in [0, 0.05) is 25.5 Å². The lowest BCUT2D eigenvalue weighted by Gasteiger charge is -2.27. The first-order valence-corrected chi connectivity index (χ1v) is 6.85. The van der Waals surface area contributed by atoms with Gasteiger partial charge in [-0.3, -0.25) is 9.88 Å². The molecule has 0 fully saturated rings. The van der Waals surface area contributed by atoms with Crippen molar-refractivity contribution in [3.63, 3.8) is 0 Å². The minimum Gasteiger partial charge on any atom is -0.297 e. The van der Waals surface area contributed by atoms with E-state index in [1.807, 2.05) is 24.4 Å². The highest BCUT2D eigenvalue weighted by atomic mass is 15.1. The van der Waals surface area contributed by atoms with Gasteiger partial charge in [0.2, 0.25) is 0 Å². The van der Waals surface area contributed by atoms with Crippen LogP contribution in [0.1, 0.15) is 24.6 Å². The summed E-state index contributed by atoms with van der Waals surface area (Å²) in [5, 5.41) is 0. The summed E-state index contributed by atoms with van der Waals surface area (Å²) < 4.78 is 0. The lowest BCUT2D eigenvalue weighted by Crippen LogP contribution is -2.32. The van der Waals surface area contributed by atoms with Crippen LogP contribution in [0.15, 0.2) is 30.6 Å². The smallest absolute Gasteiger partial charge is 0.178 e. The normalized spacial score (nSPS) is 15.2. The fourth-order valence-electron chi connectivity index (χ4n) is 2.48. The van der Waals surface area contributed by atoms with Crippen molar-refractivity contribution >= 4 is 0 Å². The summed E-state index contributed by atoms with van der Waals surface area (Å²) in [5.41, 5.74) is 3.29. The molecule has 0 saturated heterocycles. The van der Waals surface area contributed by atoms with Crippen LogP contribution in [0.3, 0.4) is 0 Å². The Balaban J connectivity index is 1.89. The maximum Gasteiger partial charge on any atom is 0.178 e. The van der Waals surface area contributed by atoms with Crippen molar-refractivity contribution < 1.29 is 0 Å². The van der Waals surface area contributed by atoms with E-state index in [1.165, 1.54) is 12.0 Å². The molecule has 0 aliphatic carbocycles. The number of rotatable bonds is 3. The number of nitrogens with zero attached hydrogens (tertiary/aromatic N) is 4. The first kappa shape index (κ1) is 12.2. The van der Waals surface area contributed by atoms with E-state index >= 15 is 0 Å². The van der Waals surface area contributed by atoms with Gasteiger partial charge in [0.1, 0.15) is 5.69 Å². The molecular formula is C15H18N4. The second-order valence-electron chi connectivity index (χ2n) is 4.91. The molecule has 0 spiro atoms. The standard InChI is InChI=1S/C15H18N4/c1-2-8-19-9-6-12-10-17-15(18-14(12)11-19)13-5-3-4-7-16-13/h3-5,7,10H,2,6,8-9,11H2,1H3. The number of hydrogen-bond acceptors (Lipinski definition) is 4. The van der Waals surface area contributed by atoms with Gasteiger partial charge in [-0.15, -0.1) is 0 Å². The molecule has 0 atom stereocenters. The van der Waals surface area contributed by atoms with Crippen LogP contribution in [-0.4, -0.2) is 32.9 Å². The highest BCUT2D eigenvalue weighted by molar-refractivity contribution is 5.49. The van der Waals surface area contributed by atoms with Crippen LogP contribution in [0.4, 0.5) is 0 Å². The molecule has 4 heteroatoms. The van der Waals surface area contributed by atoms with Crippen molar-refractivity contribution in [1.82, 2.24) is 19.9 Å². The second-order valence-corrected chi connectivity index (χ2v) is 4.91. The maximum absolute atomic E-state index is 4.70. The predicted molar refractivity (Wildman–Crippen MR) is 74.5 cm³/mol. The van der Waals surface area contributed by atoms with Gasteiger partial charge >= 0.3 is 0 Å². The highest BCUT2D eigenvalue weighted by Gasteiger charge is 2.18. The van der Waals surface area contributed by atoms with E-state index in [-0.39, 0.29) is 0 Å². The Kier molecular flexibility index (Phi) is 3.51. The van der Waals surface area contributed by atoms with Gasteiger partial charge in [-0.25, -0.2) is 9.97 Å². The molecule has 4 nitrogen and oxygen atoms in total. The minimum atomic E-state index is 0.734. The second kappa shape index (κ2) is 5.45. The summed E-state index contributed by atoms with van der Waals surface area (Å²) in [6.07, 6.45) is 5.99. The van der Waals surface area contributed by atoms with Crippen LogP contribution in [0.2, 0.25) is 0 Å². The lowest BCUT2D eigenvalue weighted by atomic mass is 10.1. The fourth-order valence-corrected chi connectivity index (χ4v) is 2.48. The number of hydrogen-bond donors (Lipinski definition) is 0. The summed E-state index contributed by atoms with van der Waals surface area (Å²) in [7, 11) is 0. The van der Waals surface area contributed by atoms with E-state index in [4.69, 9.17) is 4.98 Å². The minimum absolute atomic E-state index is 0.734. The van der Waals surface area contributed by atoms with Crippen molar-refractivity contribution in [2.45, 2.75) is 26.3 Å². The molecule has 19 heavy (non-hydrogen) atoms. The van der Waals surface area contributed by atoms with Crippen molar-refractivity contribution in [3.05, 3.63) is 41.9 Å². The van der Waals surface area contributed by atoms with Crippen LogP contribution in [0.25, 0.3) is 11.5 Å². The summed E-state index contributed by atoms with van der Waals surface area (Å²) in [6.45, 7) is 5.41. The summed E-state index contributed by atoms with van der Waals surface area (Å²) in [6, 6.07) is 5.83. The monoisotopic (exact) mass is 254 g/mol. The average Bonchev–Trinajstić information content (AvgIpc) is 2.48. The van der Waals surface area contributed by atoms with E-state index in [9.17, 15) is 0 Å². The van der Waals surface area contributed by atoms with Crippen molar-refractivity contribution in [2.75, 3.05) is 13.1 Å². The average molecular weight is 254 g/mol. The van der Waals surface area contributed by atoms with Gasteiger partial charge in [-0.05, 0) is 37.1 Å².